The van der Waals surface area contributed by atoms with Gasteiger partial charge in [0.15, 0.2) is 0 Å². The third-order valence-electron chi connectivity index (χ3n) is 2.81. The van der Waals surface area contributed by atoms with Crippen LogP contribution >= 0.6 is 11.8 Å². The zero-order valence-corrected chi connectivity index (χ0v) is 11.6. The molecule has 0 saturated heterocycles. The maximum Gasteiger partial charge on any atom is 0.371 e. The summed E-state index contributed by atoms with van der Waals surface area (Å²) in [6, 6.07) is 9.55. The van der Waals surface area contributed by atoms with Gasteiger partial charge in [-0.05, 0) is 31.4 Å². The lowest BCUT2D eigenvalue weighted by atomic mass is 10.2. The van der Waals surface area contributed by atoms with Crippen LogP contribution in [-0.4, -0.2) is 17.3 Å². The van der Waals surface area contributed by atoms with Crippen molar-refractivity contribution in [3.05, 3.63) is 47.4 Å². The van der Waals surface area contributed by atoms with Gasteiger partial charge in [0.2, 0.25) is 5.76 Å². The van der Waals surface area contributed by atoms with Gasteiger partial charge in [0.1, 0.15) is 5.76 Å². The highest BCUT2D eigenvalue weighted by atomic mass is 32.2. The number of carbonyl (C=O) groups is 1. The van der Waals surface area contributed by atoms with E-state index in [1.54, 1.807) is 24.8 Å². The second kappa shape index (κ2) is 5.84. The van der Waals surface area contributed by atoms with E-state index in [0.717, 1.165) is 16.1 Å². The van der Waals surface area contributed by atoms with Crippen LogP contribution in [0.15, 0.2) is 39.6 Å². The molecule has 2 rings (SSSR count). The van der Waals surface area contributed by atoms with E-state index in [1.165, 1.54) is 0 Å². The topological polar surface area (TPSA) is 62.5 Å². The van der Waals surface area contributed by atoms with Gasteiger partial charge >= 0.3 is 5.97 Å². The minimum absolute atomic E-state index is 0.0209. The highest BCUT2D eigenvalue weighted by Crippen LogP contribution is 2.25. The molecule has 0 fully saturated rings. The summed E-state index contributed by atoms with van der Waals surface area (Å²) >= 11 is 1.66. The fraction of sp³-hybridized carbons (Fsp3) is 0.214. The smallest absolute Gasteiger partial charge is 0.371 e. The fourth-order valence-corrected chi connectivity index (χ4v) is 2.36. The number of nitrogens with one attached hydrogen (secondary N) is 1. The SMILES string of the molecule is CSc1ccccc1NCc1cc(C(=O)O)oc1C. The van der Waals surface area contributed by atoms with Crippen LogP contribution in [0.4, 0.5) is 5.69 Å². The zero-order valence-electron chi connectivity index (χ0n) is 10.8. The van der Waals surface area contributed by atoms with Gasteiger partial charge in [-0.3, -0.25) is 0 Å². The average Bonchev–Trinajstić information content (AvgIpc) is 2.78. The summed E-state index contributed by atoms with van der Waals surface area (Å²) in [5.41, 5.74) is 1.89. The highest BCUT2D eigenvalue weighted by molar-refractivity contribution is 7.98. The van der Waals surface area contributed by atoms with Crippen molar-refractivity contribution in [3.8, 4) is 0 Å². The maximum absolute atomic E-state index is 10.8. The summed E-state index contributed by atoms with van der Waals surface area (Å²) in [7, 11) is 0. The van der Waals surface area contributed by atoms with Crippen LogP contribution < -0.4 is 5.32 Å². The average molecular weight is 277 g/mol. The van der Waals surface area contributed by atoms with E-state index < -0.39 is 5.97 Å². The molecule has 0 spiro atoms. The van der Waals surface area contributed by atoms with Crippen LogP contribution in [0.3, 0.4) is 0 Å². The molecule has 0 unspecified atom stereocenters. The third kappa shape index (κ3) is 3.12. The largest absolute Gasteiger partial charge is 0.475 e. The molecule has 1 heterocycles. The Morgan fingerprint density at radius 1 is 1.42 bits per heavy atom. The number of para-hydroxylation sites is 1. The minimum atomic E-state index is -1.04. The van der Waals surface area contributed by atoms with E-state index in [0.29, 0.717) is 12.3 Å². The van der Waals surface area contributed by atoms with Crippen LogP contribution in [0.25, 0.3) is 0 Å². The van der Waals surface area contributed by atoms with Gasteiger partial charge < -0.3 is 14.8 Å². The molecule has 0 radical (unpaired) electrons. The fourth-order valence-electron chi connectivity index (χ4n) is 1.78. The Morgan fingerprint density at radius 2 is 2.16 bits per heavy atom. The number of carboxylic acid groups (broad SMARTS) is 1. The van der Waals surface area contributed by atoms with E-state index >= 15 is 0 Å². The molecule has 2 aromatic rings. The normalized spacial score (nSPS) is 10.4. The molecule has 100 valence electrons. The molecule has 1 aromatic carbocycles. The molecule has 0 atom stereocenters. The van der Waals surface area contributed by atoms with Crippen molar-refractivity contribution in [2.45, 2.75) is 18.4 Å². The molecule has 4 nitrogen and oxygen atoms in total. The van der Waals surface area contributed by atoms with Crippen LogP contribution in [0.5, 0.6) is 0 Å². The predicted octanol–water partition coefficient (Wildman–Crippen LogP) is 3.62. The predicted molar refractivity (Wildman–Crippen MR) is 76.0 cm³/mol. The van der Waals surface area contributed by atoms with Crippen molar-refractivity contribution in [1.29, 1.82) is 0 Å². The van der Waals surface area contributed by atoms with Gasteiger partial charge in [0, 0.05) is 22.7 Å². The Labute approximate surface area is 115 Å². The molecular formula is C14H15NO3S. The zero-order chi connectivity index (χ0) is 13.8. The molecule has 2 N–H and O–H groups in total. The summed E-state index contributed by atoms with van der Waals surface area (Å²) in [5, 5.41) is 12.2. The number of aryl methyl sites for hydroxylation is 1. The lowest BCUT2D eigenvalue weighted by Crippen LogP contribution is -2.00. The van der Waals surface area contributed by atoms with Gasteiger partial charge in [0.05, 0.1) is 0 Å². The lowest BCUT2D eigenvalue weighted by molar-refractivity contribution is 0.0661. The van der Waals surface area contributed by atoms with Crippen LogP contribution in [0.1, 0.15) is 21.9 Å². The molecule has 0 aliphatic carbocycles. The monoisotopic (exact) mass is 277 g/mol. The Kier molecular flexibility index (Phi) is 4.16. The van der Waals surface area contributed by atoms with Crippen molar-refractivity contribution in [2.75, 3.05) is 11.6 Å². The Balaban J connectivity index is 2.12. The number of rotatable bonds is 5. The Morgan fingerprint density at radius 3 is 2.79 bits per heavy atom. The number of thioether (sulfide) groups is 1. The quantitative estimate of drug-likeness (QED) is 0.817. The summed E-state index contributed by atoms with van der Waals surface area (Å²) in [6.07, 6.45) is 2.02. The highest BCUT2D eigenvalue weighted by Gasteiger charge is 2.13. The second-order valence-corrected chi connectivity index (χ2v) is 4.90. The van der Waals surface area contributed by atoms with E-state index in [1.807, 2.05) is 30.5 Å². The van der Waals surface area contributed by atoms with Crippen molar-refractivity contribution in [3.63, 3.8) is 0 Å². The number of furan rings is 1. The molecule has 0 amide bonds. The molecule has 1 aromatic heterocycles. The van der Waals surface area contributed by atoms with Crippen molar-refractivity contribution in [1.82, 2.24) is 0 Å². The van der Waals surface area contributed by atoms with Gasteiger partial charge in [-0.25, -0.2) is 4.79 Å². The Hall–Kier alpha value is -1.88. The van der Waals surface area contributed by atoms with Crippen LogP contribution in [0, 0.1) is 6.92 Å². The lowest BCUT2D eigenvalue weighted by Gasteiger charge is -2.09. The minimum Gasteiger partial charge on any atom is -0.475 e. The molecule has 0 saturated carbocycles. The summed E-state index contributed by atoms with van der Waals surface area (Å²) < 4.78 is 5.18. The molecule has 5 heteroatoms. The molecule has 0 aliphatic heterocycles. The first-order valence-corrected chi connectivity index (χ1v) is 7.03. The van der Waals surface area contributed by atoms with Crippen molar-refractivity contribution < 1.29 is 14.3 Å². The number of anilines is 1. The van der Waals surface area contributed by atoms with Crippen molar-refractivity contribution in [2.24, 2.45) is 0 Å². The first kappa shape index (κ1) is 13.5. The Bertz CT molecular complexity index is 592. The van der Waals surface area contributed by atoms with Gasteiger partial charge in [-0.1, -0.05) is 12.1 Å². The maximum atomic E-state index is 10.8. The second-order valence-electron chi connectivity index (χ2n) is 4.05. The van der Waals surface area contributed by atoms with E-state index in [-0.39, 0.29) is 5.76 Å². The summed E-state index contributed by atoms with van der Waals surface area (Å²) in [5.74, 6) is -0.433. The summed E-state index contributed by atoms with van der Waals surface area (Å²) in [4.78, 5) is 12.0. The van der Waals surface area contributed by atoms with E-state index in [9.17, 15) is 4.79 Å². The van der Waals surface area contributed by atoms with Gasteiger partial charge in [-0.2, -0.15) is 0 Å². The number of hydrogen-bond donors (Lipinski definition) is 2. The van der Waals surface area contributed by atoms with E-state index in [4.69, 9.17) is 9.52 Å². The number of hydrogen-bond acceptors (Lipinski definition) is 4. The number of carboxylic acids is 1. The first-order valence-electron chi connectivity index (χ1n) is 5.81. The van der Waals surface area contributed by atoms with Crippen LogP contribution in [0.2, 0.25) is 0 Å². The van der Waals surface area contributed by atoms with Crippen molar-refractivity contribution >= 4 is 23.4 Å². The number of benzene rings is 1. The van der Waals surface area contributed by atoms with Gasteiger partial charge in [-0.15, -0.1) is 11.8 Å². The third-order valence-corrected chi connectivity index (χ3v) is 3.60. The molecule has 19 heavy (non-hydrogen) atoms. The standard InChI is InChI=1S/C14H15NO3S/c1-9-10(7-12(18-9)14(16)17)8-15-11-5-3-4-6-13(11)19-2/h3-7,15H,8H2,1-2H3,(H,16,17). The van der Waals surface area contributed by atoms with Crippen LogP contribution in [-0.2, 0) is 6.54 Å². The van der Waals surface area contributed by atoms with Gasteiger partial charge in [0.25, 0.3) is 0 Å². The molecule has 0 aliphatic rings. The number of aromatic carboxylic acids is 1. The molecule has 0 bridgehead atoms. The summed E-state index contributed by atoms with van der Waals surface area (Å²) in [6.45, 7) is 2.31. The molecular weight excluding hydrogens is 262 g/mol. The first-order chi connectivity index (χ1) is 9.11. The van der Waals surface area contributed by atoms with E-state index in [2.05, 4.69) is 5.32 Å².